The molecular formula is C28H29Cl2FN2O3. The number of carbonyl (C=O) groups excluding carboxylic acids is 2. The number of ether oxygens (including phenoxy) is 1. The summed E-state index contributed by atoms with van der Waals surface area (Å²) in [6, 6.07) is 19.3. The van der Waals surface area contributed by atoms with Crippen LogP contribution in [0.15, 0.2) is 72.8 Å². The third kappa shape index (κ3) is 7.97. The van der Waals surface area contributed by atoms with Crippen molar-refractivity contribution in [1.29, 1.82) is 0 Å². The molecule has 3 aromatic carbocycles. The van der Waals surface area contributed by atoms with Gasteiger partial charge in [0.25, 0.3) is 5.91 Å². The van der Waals surface area contributed by atoms with Crippen molar-refractivity contribution < 1.29 is 18.7 Å². The lowest BCUT2D eigenvalue weighted by Gasteiger charge is -2.33. The van der Waals surface area contributed by atoms with Crippen LogP contribution in [0.4, 0.5) is 4.39 Å². The lowest BCUT2D eigenvalue weighted by atomic mass is 10.0. The van der Waals surface area contributed by atoms with Gasteiger partial charge in [0.05, 0.1) is 5.02 Å². The van der Waals surface area contributed by atoms with E-state index in [0.29, 0.717) is 5.02 Å². The Morgan fingerprint density at radius 3 is 2.31 bits per heavy atom. The highest BCUT2D eigenvalue weighted by molar-refractivity contribution is 6.35. The maximum atomic E-state index is 14.6. The molecule has 0 aliphatic carbocycles. The lowest BCUT2D eigenvalue weighted by Crippen LogP contribution is -2.55. The predicted octanol–water partition coefficient (Wildman–Crippen LogP) is 6.07. The SMILES string of the molecule is CC(C)(C)NC(=O)[C@H](Cc1ccccc1)N(Cc1ccccc1F)C(=O)COc1ccc(Cl)cc1Cl. The van der Waals surface area contributed by atoms with Crippen LogP contribution in [0, 0.1) is 5.82 Å². The van der Waals surface area contributed by atoms with E-state index in [1.54, 1.807) is 30.3 Å². The molecule has 1 atom stereocenters. The fourth-order valence-corrected chi connectivity index (χ4v) is 4.09. The van der Waals surface area contributed by atoms with Crippen LogP contribution in [-0.4, -0.2) is 34.9 Å². The molecule has 0 heterocycles. The molecule has 0 spiro atoms. The Kier molecular flexibility index (Phi) is 9.35. The van der Waals surface area contributed by atoms with Crippen LogP contribution >= 0.6 is 23.2 Å². The Morgan fingerprint density at radius 1 is 1.00 bits per heavy atom. The average molecular weight is 531 g/mol. The number of nitrogens with one attached hydrogen (secondary N) is 1. The number of carbonyl (C=O) groups is 2. The van der Waals surface area contributed by atoms with Crippen molar-refractivity contribution in [3.05, 3.63) is 99.8 Å². The summed E-state index contributed by atoms with van der Waals surface area (Å²) in [6.07, 6.45) is 0.241. The van der Waals surface area contributed by atoms with Gasteiger partial charge in [-0.15, -0.1) is 0 Å². The number of hydrogen-bond acceptors (Lipinski definition) is 3. The van der Waals surface area contributed by atoms with Crippen molar-refractivity contribution in [2.45, 2.75) is 45.3 Å². The second-order valence-electron chi connectivity index (χ2n) is 9.42. The van der Waals surface area contributed by atoms with E-state index in [1.807, 2.05) is 51.1 Å². The zero-order valence-corrected chi connectivity index (χ0v) is 21.9. The number of nitrogens with zero attached hydrogens (tertiary/aromatic N) is 1. The Morgan fingerprint density at radius 2 is 1.67 bits per heavy atom. The fourth-order valence-electron chi connectivity index (χ4n) is 3.63. The van der Waals surface area contributed by atoms with Crippen molar-refractivity contribution in [1.82, 2.24) is 10.2 Å². The molecule has 1 N–H and O–H groups in total. The minimum atomic E-state index is -0.914. The molecule has 0 bridgehead atoms. The topological polar surface area (TPSA) is 58.6 Å². The van der Waals surface area contributed by atoms with Crippen molar-refractivity contribution in [3.63, 3.8) is 0 Å². The Hall–Kier alpha value is -3.09. The zero-order chi connectivity index (χ0) is 26.3. The third-order valence-corrected chi connectivity index (χ3v) is 5.84. The van der Waals surface area contributed by atoms with Gasteiger partial charge in [-0.2, -0.15) is 0 Å². The first-order valence-electron chi connectivity index (χ1n) is 11.5. The van der Waals surface area contributed by atoms with Crippen LogP contribution in [0.2, 0.25) is 10.0 Å². The van der Waals surface area contributed by atoms with E-state index in [1.165, 1.54) is 17.0 Å². The summed E-state index contributed by atoms with van der Waals surface area (Å²) in [5.74, 6) is -1.03. The van der Waals surface area contributed by atoms with Crippen molar-refractivity contribution in [2.75, 3.05) is 6.61 Å². The van der Waals surface area contributed by atoms with Crippen molar-refractivity contribution in [2.24, 2.45) is 0 Å². The molecule has 3 rings (SSSR count). The minimum absolute atomic E-state index is 0.113. The molecule has 0 fully saturated rings. The Labute approximate surface area is 221 Å². The molecule has 2 amide bonds. The van der Waals surface area contributed by atoms with Gasteiger partial charge in [-0.3, -0.25) is 9.59 Å². The molecule has 0 aromatic heterocycles. The average Bonchev–Trinajstić information content (AvgIpc) is 2.81. The molecule has 0 aliphatic heterocycles. The smallest absolute Gasteiger partial charge is 0.261 e. The van der Waals surface area contributed by atoms with Gasteiger partial charge in [-0.1, -0.05) is 71.7 Å². The summed E-state index contributed by atoms with van der Waals surface area (Å²) < 4.78 is 20.3. The number of halogens is 3. The molecule has 190 valence electrons. The van der Waals surface area contributed by atoms with Crippen LogP contribution in [0.25, 0.3) is 0 Å². The van der Waals surface area contributed by atoms with E-state index in [0.717, 1.165) is 5.56 Å². The van der Waals surface area contributed by atoms with Crippen molar-refractivity contribution in [3.8, 4) is 5.75 Å². The predicted molar refractivity (Wildman–Crippen MR) is 141 cm³/mol. The highest BCUT2D eigenvalue weighted by atomic mass is 35.5. The van der Waals surface area contributed by atoms with E-state index in [-0.39, 0.29) is 35.2 Å². The number of amides is 2. The van der Waals surface area contributed by atoms with E-state index < -0.39 is 29.9 Å². The largest absolute Gasteiger partial charge is 0.482 e. The Bertz CT molecular complexity index is 1200. The van der Waals surface area contributed by atoms with Crippen LogP contribution in [0.1, 0.15) is 31.9 Å². The molecule has 0 saturated heterocycles. The molecule has 3 aromatic rings. The molecule has 0 saturated carbocycles. The summed E-state index contributed by atoms with van der Waals surface area (Å²) in [6.45, 7) is 5.07. The molecule has 0 radical (unpaired) electrons. The molecule has 36 heavy (non-hydrogen) atoms. The van der Waals surface area contributed by atoms with Gasteiger partial charge in [0.1, 0.15) is 17.6 Å². The first-order chi connectivity index (χ1) is 17.0. The fraction of sp³-hybridized carbons (Fsp3) is 0.286. The second-order valence-corrected chi connectivity index (χ2v) is 10.3. The van der Waals surface area contributed by atoms with Gasteiger partial charge in [0, 0.05) is 29.1 Å². The maximum Gasteiger partial charge on any atom is 0.261 e. The zero-order valence-electron chi connectivity index (χ0n) is 20.4. The van der Waals surface area contributed by atoms with Gasteiger partial charge in [-0.25, -0.2) is 4.39 Å². The first-order valence-corrected chi connectivity index (χ1v) is 12.3. The molecule has 8 heteroatoms. The summed E-state index contributed by atoms with van der Waals surface area (Å²) in [5, 5.41) is 3.65. The van der Waals surface area contributed by atoms with Gasteiger partial charge in [0.15, 0.2) is 6.61 Å². The standard InChI is InChI=1S/C28H29Cl2FN2O3/c1-28(2,3)32-27(35)24(15-19-9-5-4-6-10-19)33(17-20-11-7-8-12-23(20)31)26(34)18-36-25-14-13-21(29)16-22(25)30/h4-14,16,24H,15,17-18H2,1-3H3,(H,32,35)/t24-/m0/s1. The molecule has 0 unspecified atom stereocenters. The molecular weight excluding hydrogens is 502 g/mol. The van der Waals surface area contributed by atoms with E-state index in [9.17, 15) is 14.0 Å². The van der Waals surface area contributed by atoms with Gasteiger partial charge in [-0.05, 0) is 50.6 Å². The summed E-state index contributed by atoms with van der Waals surface area (Å²) in [4.78, 5) is 28.4. The van der Waals surface area contributed by atoms with Crippen LogP contribution in [0.5, 0.6) is 5.75 Å². The van der Waals surface area contributed by atoms with Gasteiger partial charge in [0.2, 0.25) is 5.91 Å². The first kappa shape index (κ1) is 27.5. The highest BCUT2D eigenvalue weighted by Crippen LogP contribution is 2.28. The van der Waals surface area contributed by atoms with Crippen LogP contribution in [0.3, 0.4) is 0 Å². The number of hydrogen-bond donors (Lipinski definition) is 1. The minimum Gasteiger partial charge on any atom is -0.482 e. The Balaban J connectivity index is 1.95. The van der Waals surface area contributed by atoms with E-state index in [4.69, 9.17) is 27.9 Å². The third-order valence-electron chi connectivity index (χ3n) is 5.31. The van der Waals surface area contributed by atoms with Crippen LogP contribution in [-0.2, 0) is 22.6 Å². The summed E-state index contributed by atoms with van der Waals surface area (Å²) >= 11 is 12.1. The number of rotatable bonds is 9. The van der Waals surface area contributed by atoms with Gasteiger partial charge >= 0.3 is 0 Å². The maximum absolute atomic E-state index is 14.6. The molecule has 0 aliphatic rings. The quantitative estimate of drug-likeness (QED) is 0.365. The van der Waals surface area contributed by atoms with Crippen LogP contribution < -0.4 is 10.1 Å². The molecule has 5 nitrogen and oxygen atoms in total. The normalized spacial score (nSPS) is 12.1. The monoisotopic (exact) mass is 530 g/mol. The number of benzene rings is 3. The second kappa shape index (κ2) is 12.2. The van der Waals surface area contributed by atoms with Crippen molar-refractivity contribution >= 4 is 35.0 Å². The summed E-state index contributed by atoms with van der Waals surface area (Å²) in [7, 11) is 0. The summed E-state index contributed by atoms with van der Waals surface area (Å²) in [5.41, 5.74) is 0.614. The van der Waals surface area contributed by atoms with Gasteiger partial charge < -0.3 is 15.0 Å². The highest BCUT2D eigenvalue weighted by Gasteiger charge is 2.33. The lowest BCUT2D eigenvalue weighted by molar-refractivity contribution is -0.143. The van der Waals surface area contributed by atoms with E-state index in [2.05, 4.69) is 5.32 Å². The van der Waals surface area contributed by atoms with E-state index >= 15 is 0 Å².